The molecule has 2 aliphatic heterocycles. The first-order valence-electron chi connectivity index (χ1n) is 8.68. The summed E-state index contributed by atoms with van der Waals surface area (Å²) in [6.07, 6.45) is 1.89. The smallest absolute Gasteiger partial charge is 0.223 e. The number of amides is 1. The lowest BCUT2D eigenvalue weighted by molar-refractivity contribution is -0.125. The summed E-state index contributed by atoms with van der Waals surface area (Å²) in [6.45, 7) is 7.05. The van der Waals surface area contributed by atoms with E-state index in [2.05, 4.69) is 39.8 Å². The highest BCUT2D eigenvalue weighted by atomic mass is 35.5. The Morgan fingerprint density at radius 2 is 1.83 bits per heavy atom. The van der Waals surface area contributed by atoms with Gasteiger partial charge in [0.1, 0.15) is 0 Å². The van der Waals surface area contributed by atoms with Crippen LogP contribution in [0.15, 0.2) is 24.3 Å². The lowest BCUT2D eigenvalue weighted by atomic mass is 9.97. The Hall–Kier alpha value is -1.14. The van der Waals surface area contributed by atoms with Gasteiger partial charge in [-0.15, -0.1) is 12.4 Å². The average molecular weight is 354 g/mol. The lowest BCUT2D eigenvalue weighted by Gasteiger charge is -2.27. The van der Waals surface area contributed by atoms with Gasteiger partial charge in [0.15, 0.2) is 0 Å². The van der Waals surface area contributed by atoms with Crippen LogP contribution in [-0.2, 0) is 22.6 Å². The minimum absolute atomic E-state index is 0. The molecule has 0 aromatic heterocycles. The van der Waals surface area contributed by atoms with Gasteiger partial charge >= 0.3 is 0 Å². The third kappa shape index (κ3) is 5.45. The molecule has 5 nitrogen and oxygen atoms in total. The van der Waals surface area contributed by atoms with E-state index < -0.39 is 0 Å². The van der Waals surface area contributed by atoms with E-state index in [4.69, 9.17) is 4.74 Å². The molecule has 0 atom stereocenters. The highest BCUT2D eigenvalue weighted by molar-refractivity contribution is 5.85. The van der Waals surface area contributed by atoms with E-state index in [1.165, 1.54) is 11.1 Å². The summed E-state index contributed by atoms with van der Waals surface area (Å²) in [4.78, 5) is 14.7. The number of halogens is 1. The van der Waals surface area contributed by atoms with Gasteiger partial charge in [-0.2, -0.15) is 0 Å². The lowest BCUT2D eigenvalue weighted by Crippen LogP contribution is -2.38. The molecule has 6 heteroatoms. The van der Waals surface area contributed by atoms with Gasteiger partial charge in [-0.25, -0.2) is 0 Å². The fourth-order valence-electron chi connectivity index (χ4n) is 3.30. The van der Waals surface area contributed by atoms with Crippen LogP contribution in [0.1, 0.15) is 24.0 Å². The molecule has 2 fully saturated rings. The number of hydrogen-bond donors (Lipinski definition) is 2. The Bertz CT molecular complexity index is 515. The molecule has 24 heavy (non-hydrogen) atoms. The van der Waals surface area contributed by atoms with Gasteiger partial charge in [-0.1, -0.05) is 24.3 Å². The van der Waals surface area contributed by atoms with Crippen molar-refractivity contribution in [2.24, 2.45) is 5.92 Å². The first-order chi connectivity index (χ1) is 11.3. The van der Waals surface area contributed by atoms with E-state index in [1.54, 1.807) is 0 Å². The summed E-state index contributed by atoms with van der Waals surface area (Å²) in [6, 6.07) is 8.42. The number of piperidine rings is 1. The molecule has 2 N–H and O–H groups in total. The van der Waals surface area contributed by atoms with E-state index in [0.29, 0.717) is 6.54 Å². The zero-order valence-corrected chi connectivity index (χ0v) is 14.9. The number of morpholine rings is 1. The molecule has 2 heterocycles. The molecule has 1 aromatic rings. The van der Waals surface area contributed by atoms with E-state index in [-0.39, 0.29) is 24.2 Å². The number of nitrogens with zero attached hydrogens (tertiary/aromatic N) is 1. The molecule has 2 aliphatic rings. The number of carbonyl (C=O) groups excluding carboxylic acids is 1. The molecule has 0 spiro atoms. The van der Waals surface area contributed by atoms with Gasteiger partial charge < -0.3 is 15.4 Å². The summed E-state index contributed by atoms with van der Waals surface area (Å²) in [5.74, 6) is 0.371. The molecule has 1 amide bonds. The van der Waals surface area contributed by atoms with Gasteiger partial charge in [0.2, 0.25) is 5.91 Å². The van der Waals surface area contributed by atoms with Crippen molar-refractivity contribution < 1.29 is 9.53 Å². The minimum Gasteiger partial charge on any atom is -0.379 e. The molecule has 0 saturated carbocycles. The van der Waals surface area contributed by atoms with Crippen molar-refractivity contribution >= 4 is 18.3 Å². The van der Waals surface area contributed by atoms with Crippen molar-refractivity contribution in [1.29, 1.82) is 0 Å². The largest absolute Gasteiger partial charge is 0.379 e. The van der Waals surface area contributed by atoms with Crippen LogP contribution in [0.4, 0.5) is 0 Å². The van der Waals surface area contributed by atoms with Crippen molar-refractivity contribution in [2.45, 2.75) is 25.9 Å². The maximum atomic E-state index is 12.3. The molecule has 1 aromatic carbocycles. The second-order valence-electron chi connectivity index (χ2n) is 6.40. The highest BCUT2D eigenvalue weighted by Gasteiger charge is 2.20. The molecule has 0 aliphatic carbocycles. The molecule has 134 valence electrons. The molecule has 3 rings (SSSR count). The van der Waals surface area contributed by atoms with E-state index in [0.717, 1.165) is 58.8 Å². The van der Waals surface area contributed by atoms with Gasteiger partial charge in [0.25, 0.3) is 0 Å². The van der Waals surface area contributed by atoms with Crippen molar-refractivity contribution in [3.63, 3.8) is 0 Å². The van der Waals surface area contributed by atoms with Crippen LogP contribution in [0.3, 0.4) is 0 Å². The molecular weight excluding hydrogens is 326 g/mol. The van der Waals surface area contributed by atoms with Crippen LogP contribution in [0.5, 0.6) is 0 Å². The number of benzene rings is 1. The first kappa shape index (κ1) is 19.2. The summed E-state index contributed by atoms with van der Waals surface area (Å²) >= 11 is 0. The number of hydrogen-bond acceptors (Lipinski definition) is 4. The molecule has 0 unspecified atom stereocenters. The van der Waals surface area contributed by atoms with Crippen LogP contribution in [0.2, 0.25) is 0 Å². The average Bonchev–Trinajstić information content (AvgIpc) is 2.62. The highest BCUT2D eigenvalue weighted by Crippen LogP contribution is 2.15. The maximum Gasteiger partial charge on any atom is 0.223 e. The summed E-state index contributed by atoms with van der Waals surface area (Å²) in [5, 5.41) is 6.44. The van der Waals surface area contributed by atoms with Crippen molar-refractivity contribution in [2.75, 3.05) is 39.4 Å². The SMILES string of the molecule is Cl.O=C(NCc1ccccc1CN1CCOCC1)C1CCNCC1. The first-order valence-corrected chi connectivity index (χ1v) is 8.68. The number of ether oxygens (including phenoxy) is 1. The minimum atomic E-state index is 0. The fourth-order valence-corrected chi connectivity index (χ4v) is 3.30. The number of carbonyl (C=O) groups is 1. The Labute approximate surface area is 150 Å². The topological polar surface area (TPSA) is 53.6 Å². The second-order valence-corrected chi connectivity index (χ2v) is 6.40. The van der Waals surface area contributed by atoms with Crippen molar-refractivity contribution in [1.82, 2.24) is 15.5 Å². The third-order valence-electron chi connectivity index (χ3n) is 4.78. The standard InChI is InChI=1S/C18H27N3O2.ClH/c22-18(15-5-7-19-8-6-15)20-13-16-3-1-2-4-17(16)14-21-9-11-23-12-10-21;/h1-4,15,19H,5-14H2,(H,20,22);1H. The summed E-state index contributed by atoms with van der Waals surface area (Å²) in [5.41, 5.74) is 2.53. The van der Waals surface area contributed by atoms with E-state index in [9.17, 15) is 4.79 Å². The predicted octanol–water partition coefficient (Wildman–Crippen LogP) is 1.56. The zero-order valence-electron chi connectivity index (χ0n) is 14.1. The Balaban J connectivity index is 0.00000208. The Morgan fingerprint density at radius 3 is 2.54 bits per heavy atom. The summed E-state index contributed by atoms with van der Waals surface area (Å²) < 4.78 is 5.41. The van der Waals surface area contributed by atoms with Crippen LogP contribution < -0.4 is 10.6 Å². The fraction of sp³-hybridized carbons (Fsp3) is 0.611. The Kier molecular flexibility index (Phi) is 7.99. The quantitative estimate of drug-likeness (QED) is 0.843. The van der Waals surface area contributed by atoms with Gasteiger partial charge in [0.05, 0.1) is 13.2 Å². The molecule has 0 bridgehead atoms. The summed E-state index contributed by atoms with van der Waals surface area (Å²) in [7, 11) is 0. The number of nitrogens with one attached hydrogen (secondary N) is 2. The van der Waals surface area contributed by atoms with Gasteiger partial charge in [-0.3, -0.25) is 9.69 Å². The third-order valence-corrected chi connectivity index (χ3v) is 4.78. The van der Waals surface area contributed by atoms with Crippen LogP contribution >= 0.6 is 12.4 Å². The molecular formula is C18H28ClN3O2. The predicted molar refractivity (Wildman–Crippen MR) is 97.2 cm³/mol. The normalized spacial score (nSPS) is 19.5. The maximum absolute atomic E-state index is 12.3. The van der Waals surface area contributed by atoms with E-state index in [1.807, 2.05) is 0 Å². The van der Waals surface area contributed by atoms with Crippen molar-refractivity contribution in [3.05, 3.63) is 35.4 Å². The van der Waals surface area contributed by atoms with Crippen LogP contribution in [0.25, 0.3) is 0 Å². The monoisotopic (exact) mass is 353 g/mol. The van der Waals surface area contributed by atoms with Gasteiger partial charge in [-0.05, 0) is 37.1 Å². The second kappa shape index (κ2) is 9.99. The molecule has 0 radical (unpaired) electrons. The Morgan fingerprint density at radius 1 is 1.17 bits per heavy atom. The number of rotatable bonds is 5. The van der Waals surface area contributed by atoms with Crippen molar-refractivity contribution in [3.8, 4) is 0 Å². The van der Waals surface area contributed by atoms with E-state index >= 15 is 0 Å². The van der Waals surface area contributed by atoms with Crippen LogP contribution in [0, 0.1) is 5.92 Å². The molecule has 2 saturated heterocycles. The zero-order chi connectivity index (χ0) is 15.9. The van der Waals surface area contributed by atoms with Gasteiger partial charge in [0, 0.05) is 32.1 Å². The van der Waals surface area contributed by atoms with Crippen LogP contribution in [-0.4, -0.2) is 50.2 Å².